The normalized spacial score (nSPS) is 18.4. The molecule has 0 unspecified atom stereocenters. The summed E-state index contributed by atoms with van der Waals surface area (Å²) in [5.41, 5.74) is 3.36. The van der Waals surface area contributed by atoms with Crippen molar-refractivity contribution in [3.8, 4) is 11.3 Å². The topological polar surface area (TPSA) is 84.7 Å². The van der Waals surface area contributed by atoms with E-state index < -0.39 is 0 Å². The van der Waals surface area contributed by atoms with Crippen LogP contribution in [0.2, 0.25) is 0 Å². The van der Waals surface area contributed by atoms with Crippen LogP contribution in [0.5, 0.6) is 0 Å². The molecule has 2 N–H and O–H groups in total. The molecule has 4 rings (SSSR count). The van der Waals surface area contributed by atoms with Crippen molar-refractivity contribution in [2.75, 3.05) is 18.9 Å². The maximum Gasteiger partial charge on any atom is 0.251 e. The van der Waals surface area contributed by atoms with E-state index in [1.807, 2.05) is 30.5 Å². The van der Waals surface area contributed by atoms with Gasteiger partial charge in [-0.15, -0.1) is 0 Å². The Bertz CT molecular complexity index is 1070. The largest absolute Gasteiger partial charge is 0.355 e. The van der Waals surface area contributed by atoms with Crippen LogP contribution < -0.4 is 10.6 Å². The number of benzene rings is 1. The lowest BCUT2D eigenvalue weighted by molar-refractivity contribution is 0.0963. The Morgan fingerprint density at radius 1 is 1.09 bits per heavy atom. The van der Waals surface area contributed by atoms with Gasteiger partial charge < -0.3 is 10.6 Å². The van der Waals surface area contributed by atoms with Crippen LogP contribution >= 0.6 is 0 Å². The average Bonchev–Trinajstić information content (AvgIpc) is 3.22. The molecule has 2 heterocycles. The van der Waals surface area contributed by atoms with Gasteiger partial charge in [-0.1, -0.05) is 51.7 Å². The fourth-order valence-corrected chi connectivity index (χ4v) is 4.75. The van der Waals surface area contributed by atoms with Crippen molar-refractivity contribution in [3.63, 3.8) is 0 Å². The number of fused-ring (bicyclic) bond motifs is 1. The average molecular weight is 449 g/mol. The second-order valence-corrected chi connectivity index (χ2v) is 9.19. The molecule has 2 aromatic heterocycles. The first-order valence-corrected chi connectivity index (χ1v) is 12.4. The van der Waals surface area contributed by atoms with E-state index in [1.165, 1.54) is 32.1 Å². The summed E-state index contributed by atoms with van der Waals surface area (Å²) >= 11 is 0. The first kappa shape index (κ1) is 23.2. The van der Waals surface area contributed by atoms with E-state index in [2.05, 4.69) is 34.1 Å². The first-order valence-electron chi connectivity index (χ1n) is 12.4. The minimum absolute atomic E-state index is 0.0919. The summed E-state index contributed by atoms with van der Waals surface area (Å²) < 4.78 is 2.08. The number of carbonyl (C=O) groups is 1. The molecule has 1 saturated carbocycles. The smallest absolute Gasteiger partial charge is 0.251 e. The fourth-order valence-electron chi connectivity index (χ4n) is 4.75. The number of hydrogen-bond acceptors (Lipinski definition) is 5. The molecule has 1 aliphatic rings. The summed E-state index contributed by atoms with van der Waals surface area (Å²) in [5, 5.41) is 12.0. The van der Waals surface area contributed by atoms with Crippen molar-refractivity contribution in [1.29, 1.82) is 0 Å². The van der Waals surface area contributed by atoms with Gasteiger partial charge in [0, 0.05) is 37.5 Å². The summed E-state index contributed by atoms with van der Waals surface area (Å²) in [6.07, 6.45) is 10.5. The molecule has 176 valence electrons. The number of nitrogens with zero attached hydrogens (tertiary/aromatic N) is 4. The van der Waals surface area contributed by atoms with Crippen molar-refractivity contribution in [3.05, 3.63) is 36.0 Å². The quantitative estimate of drug-likeness (QED) is 0.435. The van der Waals surface area contributed by atoms with Gasteiger partial charge in [-0.2, -0.15) is 10.1 Å². The second-order valence-electron chi connectivity index (χ2n) is 9.19. The number of hydrogen-bond donors (Lipinski definition) is 2. The molecule has 3 aromatic rings. The molecular weight excluding hydrogens is 412 g/mol. The van der Waals surface area contributed by atoms with E-state index >= 15 is 0 Å². The minimum atomic E-state index is -0.0919. The van der Waals surface area contributed by atoms with Gasteiger partial charge in [0.15, 0.2) is 5.65 Å². The van der Waals surface area contributed by atoms with Gasteiger partial charge in [0.05, 0.1) is 5.39 Å². The van der Waals surface area contributed by atoms with Crippen LogP contribution in [0.25, 0.3) is 22.3 Å². The van der Waals surface area contributed by atoms with E-state index in [0.29, 0.717) is 17.4 Å². The van der Waals surface area contributed by atoms with E-state index in [-0.39, 0.29) is 5.91 Å². The SMILES string of the molecule is CCCCNc1ncc2c(-c3ccc(C(=O)NC)cc3)nn(CC3CCC(CC)CC3)c2n1. The summed E-state index contributed by atoms with van der Waals surface area (Å²) in [6.45, 7) is 6.23. The van der Waals surface area contributed by atoms with E-state index in [0.717, 1.165) is 54.1 Å². The zero-order valence-corrected chi connectivity index (χ0v) is 20.1. The molecule has 0 atom stereocenters. The number of amides is 1. The third-order valence-corrected chi connectivity index (χ3v) is 6.92. The zero-order chi connectivity index (χ0) is 23.2. The molecule has 0 bridgehead atoms. The highest BCUT2D eigenvalue weighted by molar-refractivity contribution is 5.95. The van der Waals surface area contributed by atoms with E-state index in [4.69, 9.17) is 10.1 Å². The van der Waals surface area contributed by atoms with Crippen molar-refractivity contribution in [1.82, 2.24) is 25.1 Å². The number of carbonyl (C=O) groups excluding carboxylic acids is 1. The summed E-state index contributed by atoms with van der Waals surface area (Å²) in [4.78, 5) is 21.4. The molecule has 7 nitrogen and oxygen atoms in total. The molecule has 1 amide bonds. The highest BCUT2D eigenvalue weighted by Crippen LogP contribution is 2.33. The number of aromatic nitrogens is 4. The van der Waals surface area contributed by atoms with Crippen molar-refractivity contribution in [2.24, 2.45) is 11.8 Å². The minimum Gasteiger partial charge on any atom is -0.355 e. The highest BCUT2D eigenvalue weighted by Gasteiger charge is 2.23. The van der Waals surface area contributed by atoms with Crippen LogP contribution in [0.1, 0.15) is 69.2 Å². The molecule has 0 aliphatic heterocycles. The van der Waals surface area contributed by atoms with Gasteiger partial charge in [-0.25, -0.2) is 9.67 Å². The monoisotopic (exact) mass is 448 g/mol. The van der Waals surface area contributed by atoms with Gasteiger partial charge in [0.25, 0.3) is 5.91 Å². The third kappa shape index (κ3) is 5.34. The van der Waals surface area contributed by atoms with Gasteiger partial charge in [-0.05, 0) is 43.2 Å². The molecule has 1 aromatic carbocycles. The van der Waals surface area contributed by atoms with Crippen molar-refractivity contribution in [2.45, 2.75) is 65.3 Å². The molecule has 0 saturated heterocycles. The van der Waals surface area contributed by atoms with Gasteiger partial charge in [0.1, 0.15) is 5.69 Å². The van der Waals surface area contributed by atoms with Crippen LogP contribution in [0.4, 0.5) is 5.95 Å². The first-order chi connectivity index (χ1) is 16.1. The van der Waals surface area contributed by atoms with Gasteiger partial charge >= 0.3 is 0 Å². The molecule has 0 radical (unpaired) electrons. The lowest BCUT2D eigenvalue weighted by Gasteiger charge is -2.27. The Kier molecular flexibility index (Phi) is 7.57. The van der Waals surface area contributed by atoms with Crippen LogP contribution in [-0.4, -0.2) is 39.2 Å². The number of nitrogens with one attached hydrogen (secondary N) is 2. The lowest BCUT2D eigenvalue weighted by atomic mass is 9.81. The standard InChI is InChI=1S/C26H36N6O/c1-4-6-15-28-26-29-16-22-23(20-11-13-21(14-12-20)25(33)27-3)31-32(24(22)30-26)17-19-9-7-18(5-2)8-10-19/h11-14,16,18-19H,4-10,15,17H2,1-3H3,(H,27,33)(H,28,29,30). The summed E-state index contributed by atoms with van der Waals surface area (Å²) in [5.74, 6) is 2.08. The predicted molar refractivity (Wildman–Crippen MR) is 133 cm³/mol. The van der Waals surface area contributed by atoms with Crippen LogP contribution in [-0.2, 0) is 6.54 Å². The molecule has 1 aliphatic carbocycles. The lowest BCUT2D eigenvalue weighted by Crippen LogP contribution is -2.19. The molecule has 7 heteroatoms. The number of rotatable bonds is 9. The second kappa shape index (κ2) is 10.8. The van der Waals surface area contributed by atoms with E-state index in [1.54, 1.807) is 7.05 Å². The summed E-state index contributed by atoms with van der Waals surface area (Å²) in [7, 11) is 1.64. The maximum atomic E-state index is 11.9. The molecule has 0 spiro atoms. The number of unbranched alkanes of at least 4 members (excludes halogenated alkanes) is 1. The van der Waals surface area contributed by atoms with Gasteiger partial charge in [-0.3, -0.25) is 4.79 Å². The summed E-state index contributed by atoms with van der Waals surface area (Å²) in [6, 6.07) is 7.59. The molecule has 1 fully saturated rings. The maximum absolute atomic E-state index is 11.9. The van der Waals surface area contributed by atoms with Gasteiger partial charge in [0.2, 0.25) is 5.95 Å². The Balaban J connectivity index is 1.65. The Hall–Kier alpha value is -2.96. The number of anilines is 1. The predicted octanol–water partition coefficient (Wildman–Crippen LogP) is 5.28. The third-order valence-electron chi connectivity index (χ3n) is 6.92. The van der Waals surface area contributed by atoms with Crippen molar-refractivity contribution >= 4 is 22.9 Å². The molecule has 33 heavy (non-hydrogen) atoms. The van der Waals surface area contributed by atoms with E-state index in [9.17, 15) is 4.79 Å². The Morgan fingerprint density at radius 2 is 1.82 bits per heavy atom. The van der Waals surface area contributed by atoms with Crippen LogP contribution in [0.3, 0.4) is 0 Å². The Morgan fingerprint density at radius 3 is 2.48 bits per heavy atom. The Labute approximate surface area is 196 Å². The zero-order valence-electron chi connectivity index (χ0n) is 20.1. The van der Waals surface area contributed by atoms with Crippen LogP contribution in [0.15, 0.2) is 30.5 Å². The van der Waals surface area contributed by atoms with Crippen molar-refractivity contribution < 1.29 is 4.79 Å². The van der Waals surface area contributed by atoms with Crippen LogP contribution in [0, 0.1) is 11.8 Å². The fraction of sp³-hybridized carbons (Fsp3) is 0.538. The highest BCUT2D eigenvalue weighted by atomic mass is 16.1. The molecular formula is C26H36N6O.